The number of nitrogens with one attached hydrogen (secondary N) is 1. The minimum absolute atomic E-state index is 0.118. The van der Waals surface area contributed by atoms with Crippen molar-refractivity contribution in [2.45, 2.75) is 26.8 Å². The number of aliphatic hydroxyl groups excluding tert-OH is 1. The number of aliphatic imine (C=N–C) groups is 1. The van der Waals surface area contributed by atoms with E-state index >= 15 is 0 Å². The summed E-state index contributed by atoms with van der Waals surface area (Å²) in [6.45, 7) is 9.84. The van der Waals surface area contributed by atoms with Gasteiger partial charge in [-0.15, -0.1) is 11.3 Å². The molecule has 1 aromatic carbocycles. The van der Waals surface area contributed by atoms with Gasteiger partial charge in [0.05, 0.1) is 30.8 Å². The second kappa shape index (κ2) is 8.08. The fourth-order valence-corrected chi connectivity index (χ4v) is 3.01. The molecule has 0 fully saturated rings. The Morgan fingerprint density at radius 2 is 2.21 bits per heavy atom. The van der Waals surface area contributed by atoms with E-state index in [0.29, 0.717) is 23.1 Å². The van der Waals surface area contributed by atoms with E-state index in [1.807, 2.05) is 30.5 Å². The molecule has 2 rings (SSSR count). The first kappa shape index (κ1) is 18.2. The summed E-state index contributed by atoms with van der Waals surface area (Å²) < 4.78 is 5.27. The summed E-state index contributed by atoms with van der Waals surface area (Å²) in [5, 5.41) is 15.5. The number of aromatic nitrogens is 1. The van der Waals surface area contributed by atoms with Gasteiger partial charge < -0.3 is 15.2 Å². The maximum atomic E-state index is 9.38. The smallest absolute Gasteiger partial charge is 0.183 e. The summed E-state index contributed by atoms with van der Waals surface area (Å²) >= 11 is 1.55. The number of benzene rings is 1. The molecule has 2 aromatic rings. The Bertz CT molecular complexity index is 750. The average Bonchev–Trinajstić information content (AvgIpc) is 3.01. The number of anilines is 1. The molecular formula is C18H23N3O2S. The van der Waals surface area contributed by atoms with Gasteiger partial charge in [0.25, 0.3) is 0 Å². The molecule has 0 saturated carbocycles. The molecule has 6 heteroatoms. The van der Waals surface area contributed by atoms with Gasteiger partial charge in [0.1, 0.15) is 5.75 Å². The third kappa shape index (κ3) is 4.43. The molecule has 128 valence electrons. The van der Waals surface area contributed by atoms with Crippen molar-refractivity contribution < 1.29 is 9.84 Å². The third-order valence-corrected chi connectivity index (χ3v) is 4.13. The quantitative estimate of drug-likeness (QED) is 0.741. The molecule has 0 spiro atoms. The maximum absolute atomic E-state index is 9.38. The minimum atomic E-state index is -0.118. The summed E-state index contributed by atoms with van der Waals surface area (Å²) in [7, 11) is 1.61. The van der Waals surface area contributed by atoms with Crippen LogP contribution in [0.5, 0.6) is 5.75 Å². The highest BCUT2D eigenvalue weighted by atomic mass is 32.1. The van der Waals surface area contributed by atoms with Gasteiger partial charge in [-0.05, 0) is 38.5 Å². The van der Waals surface area contributed by atoms with Crippen LogP contribution >= 0.6 is 11.3 Å². The van der Waals surface area contributed by atoms with E-state index < -0.39 is 0 Å². The number of ether oxygens (including phenoxy) is 1. The van der Waals surface area contributed by atoms with E-state index in [0.717, 1.165) is 22.1 Å². The number of thiazole rings is 1. The van der Waals surface area contributed by atoms with E-state index in [1.54, 1.807) is 18.4 Å². The van der Waals surface area contributed by atoms with E-state index in [9.17, 15) is 5.11 Å². The van der Waals surface area contributed by atoms with Gasteiger partial charge >= 0.3 is 0 Å². The van der Waals surface area contributed by atoms with Crippen molar-refractivity contribution in [1.82, 2.24) is 4.98 Å². The predicted molar refractivity (Wildman–Crippen MR) is 102 cm³/mol. The van der Waals surface area contributed by atoms with Crippen LogP contribution < -0.4 is 10.1 Å². The van der Waals surface area contributed by atoms with E-state index in [2.05, 4.69) is 35.7 Å². The van der Waals surface area contributed by atoms with Crippen LogP contribution in [0, 0.1) is 0 Å². The van der Waals surface area contributed by atoms with Gasteiger partial charge in [0.2, 0.25) is 0 Å². The largest absolute Gasteiger partial charge is 0.497 e. The lowest BCUT2D eigenvalue weighted by Crippen LogP contribution is -2.09. The zero-order valence-corrected chi connectivity index (χ0v) is 15.3. The number of nitrogens with zero attached hydrogens (tertiary/aromatic N) is 2. The van der Waals surface area contributed by atoms with Crippen molar-refractivity contribution >= 4 is 33.4 Å². The van der Waals surface area contributed by atoms with Crippen LogP contribution in [-0.2, 0) is 0 Å². The fourth-order valence-electron chi connectivity index (χ4n) is 2.11. The molecule has 2 N–H and O–H groups in total. The lowest BCUT2D eigenvalue weighted by molar-refractivity contribution is 0.350. The van der Waals surface area contributed by atoms with Gasteiger partial charge in [0, 0.05) is 23.1 Å². The SMILES string of the molecule is C=C(CO)c1ccc(OC)cc1N=C(C)c1csc(NC(C)C)n1. The molecule has 24 heavy (non-hydrogen) atoms. The second-order valence-electron chi connectivity index (χ2n) is 5.68. The zero-order valence-electron chi connectivity index (χ0n) is 14.5. The Labute approximate surface area is 146 Å². The van der Waals surface area contributed by atoms with Crippen LogP contribution in [0.3, 0.4) is 0 Å². The molecule has 5 nitrogen and oxygen atoms in total. The van der Waals surface area contributed by atoms with Crippen molar-refractivity contribution in [1.29, 1.82) is 0 Å². The van der Waals surface area contributed by atoms with Crippen molar-refractivity contribution in [2.24, 2.45) is 4.99 Å². The second-order valence-corrected chi connectivity index (χ2v) is 6.54. The van der Waals surface area contributed by atoms with Crippen LogP contribution in [0.2, 0.25) is 0 Å². The van der Waals surface area contributed by atoms with Crippen LogP contribution in [0.15, 0.2) is 35.2 Å². The van der Waals surface area contributed by atoms with Crippen molar-refractivity contribution in [3.05, 3.63) is 41.4 Å². The van der Waals surface area contributed by atoms with E-state index in [1.165, 1.54) is 0 Å². The first-order valence-electron chi connectivity index (χ1n) is 7.69. The normalized spacial score (nSPS) is 11.7. The van der Waals surface area contributed by atoms with Crippen LogP contribution in [0.1, 0.15) is 32.0 Å². The molecule has 1 aromatic heterocycles. The Balaban J connectivity index is 2.37. The maximum Gasteiger partial charge on any atom is 0.183 e. The summed E-state index contributed by atoms with van der Waals surface area (Å²) in [5.74, 6) is 0.705. The Kier molecular flexibility index (Phi) is 6.11. The number of hydrogen-bond donors (Lipinski definition) is 2. The van der Waals surface area contributed by atoms with Gasteiger partial charge in [-0.3, -0.25) is 4.99 Å². The van der Waals surface area contributed by atoms with E-state index in [4.69, 9.17) is 4.74 Å². The zero-order chi connectivity index (χ0) is 17.7. The molecule has 0 aliphatic rings. The monoisotopic (exact) mass is 345 g/mol. The average molecular weight is 345 g/mol. The highest BCUT2D eigenvalue weighted by molar-refractivity contribution is 7.13. The van der Waals surface area contributed by atoms with Crippen LogP contribution in [-0.4, -0.2) is 35.6 Å². The van der Waals surface area contributed by atoms with Crippen molar-refractivity contribution in [2.75, 3.05) is 19.0 Å². The van der Waals surface area contributed by atoms with Crippen molar-refractivity contribution in [3.8, 4) is 5.75 Å². The van der Waals surface area contributed by atoms with Gasteiger partial charge in [-0.25, -0.2) is 4.98 Å². The van der Waals surface area contributed by atoms with Crippen LogP contribution in [0.4, 0.5) is 10.8 Å². The summed E-state index contributed by atoms with van der Waals surface area (Å²) in [5.41, 5.74) is 3.74. The fraction of sp³-hybridized carbons (Fsp3) is 0.333. The molecular weight excluding hydrogens is 322 g/mol. The molecule has 0 radical (unpaired) electrons. The lowest BCUT2D eigenvalue weighted by atomic mass is 10.1. The number of hydrogen-bond acceptors (Lipinski definition) is 6. The number of methoxy groups -OCH3 is 1. The van der Waals surface area contributed by atoms with E-state index in [-0.39, 0.29) is 6.61 Å². The third-order valence-electron chi connectivity index (χ3n) is 3.35. The molecule has 0 aliphatic carbocycles. The van der Waals surface area contributed by atoms with Gasteiger partial charge in [-0.2, -0.15) is 0 Å². The van der Waals surface area contributed by atoms with Gasteiger partial charge in [0.15, 0.2) is 5.13 Å². The van der Waals surface area contributed by atoms with Crippen molar-refractivity contribution in [3.63, 3.8) is 0 Å². The Morgan fingerprint density at radius 1 is 1.46 bits per heavy atom. The minimum Gasteiger partial charge on any atom is -0.497 e. The summed E-state index contributed by atoms with van der Waals surface area (Å²) in [6, 6.07) is 5.85. The first-order valence-corrected chi connectivity index (χ1v) is 8.57. The molecule has 1 heterocycles. The molecule has 0 bridgehead atoms. The van der Waals surface area contributed by atoms with Gasteiger partial charge in [-0.1, -0.05) is 6.58 Å². The molecule has 0 amide bonds. The lowest BCUT2D eigenvalue weighted by Gasteiger charge is -2.10. The topological polar surface area (TPSA) is 66.7 Å². The Hall–Kier alpha value is -2.18. The highest BCUT2D eigenvalue weighted by Crippen LogP contribution is 2.30. The Morgan fingerprint density at radius 3 is 2.83 bits per heavy atom. The highest BCUT2D eigenvalue weighted by Gasteiger charge is 2.10. The number of rotatable bonds is 7. The standard InChI is InChI=1S/C18H23N3O2S/c1-11(2)19-18-21-17(10-24-18)13(4)20-16-8-14(23-5)6-7-15(16)12(3)9-22/h6-8,10-11,22H,3,9H2,1-2,4-5H3,(H,19,21). The number of aliphatic hydroxyl groups is 1. The summed E-state index contributed by atoms with van der Waals surface area (Å²) in [6.07, 6.45) is 0. The molecule has 0 unspecified atom stereocenters. The molecule has 0 atom stereocenters. The summed E-state index contributed by atoms with van der Waals surface area (Å²) in [4.78, 5) is 9.24. The first-order chi connectivity index (χ1) is 11.4. The predicted octanol–water partition coefficient (Wildman–Crippen LogP) is 4.12. The molecule has 0 saturated heterocycles. The van der Waals surface area contributed by atoms with Crippen LogP contribution in [0.25, 0.3) is 5.57 Å². The molecule has 0 aliphatic heterocycles.